The van der Waals surface area contributed by atoms with Crippen molar-refractivity contribution in [2.45, 2.75) is 51.7 Å². The molecule has 0 bridgehead atoms. The first-order valence-electron chi connectivity index (χ1n) is 5.53. The second-order valence-corrected chi connectivity index (χ2v) is 4.87. The zero-order chi connectivity index (χ0) is 14.3. The fraction of sp³-hybridized carbons (Fsp3) is 0.727. The number of rotatable bonds is 6. The van der Waals surface area contributed by atoms with Gasteiger partial charge in [-0.25, -0.2) is 4.79 Å². The van der Waals surface area contributed by atoms with Gasteiger partial charge in [0.25, 0.3) is 0 Å². The highest BCUT2D eigenvalue weighted by molar-refractivity contribution is 5.72. The van der Waals surface area contributed by atoms with Gasteiger partial charge in [-0.2, -0.15) is 0 Å². The molecular weight excluding hydrogens is 242 g/mol. The minimum Gasteiger partial charge on any atom is -0.481 e. The molecule has 1 atom stereocenters. The van der Waals surface area contributed by atoms with Crippen molar-refractivity contribution in [3.8, 4) is 0 Å². The van der Waals surface area contributed by atoms with Gasteiger partial charge < -0.3 is 20.3 Å². The number of carboxylic acid groups (broad SMARTS) is 2. The number of amides is 1. The summed E-state index contributed by atoms with van der Waals surface area (Å²) in [4.78, 5) is 32.4. The Labute approximate surface area is 105 Å². The molecule has 0 unspecified atom stereocenters. The third-order valence-corrected chi connectivity index (χ3v) is 1.85. The van der Waals surface area contributed by atoms with Gasteiger partial charge in [-0.3, -0.25) is 9.59 Å². The molecule has 0 fully saturated rings. The molecule has 0 aliphatic heterocycles. The first-order chi connectivity index (χ1) is 8.10. The molecule has 0 heterocycles. The molecule has 0 radical (unpaired) electrons. The fourth-order valence-electron chi connectivity index (χ4n) is 1.21. The van der Waals surface area contributed by atoms with Crippen LogP contribution < -0.4 is 5.32 Å². The van der Waals surface area contributed by atoms with E-state index in [0.717, 1.165) is 0 Å². The van der Waals surface area contributed by atoms with Crippen LogP contribution in [0.5, 0.6) is 0 Å². The summed E-state index contributed by atoms with van der Waals surface area (Å²) in [5.41, 5.74) is -0.690. The van der Waals surface area contributed by atoms with Gasteiger partial charge >= 0.3 is 18.0 Å². The van der Waals surface area contributed by atoms with Crippen molar-refractivity contribution in [2.75, 3.05) is 0 Å². The van der Waals surface area contributed by atoms with Gasteiger partial charge in [0.05, 0.1) is 6.42 Å². The number of hydrogen-bond donors (Lipinski definition) is 3. The molecule has 0 aliphatic rings. The van der Waals surface area contributed by atoms with E-state index in [1.165, 1.54) is 0 Å². The summed E-state index contributed by atoms with van der Waals surface area (Å²) in [7, 11) is 0. The van der Waals surface area contributed by atoms with Gasteiger partial charge in [-0.1, -0.05) is 0 Å². The van der Waals surface area contributed by atoms with E-state index in [1.54, 1.807) is 20.8 Å². The number of carbonyl (C=O) groups excluding carboxylic acids is 1. The predicted molar refractivity (Wildman–Crippen MR) is 62.3 cm³/mol. The molecule has 0 aromatic heterocycles. The summed E-state index contributed by atoms with van der Waals surface area (Å²) < 4.78 is 4.97. The smallest absolute Gasteiger partial charge is 0.407 e. The molecule has 0 spiro atoms. The first-order valence-corrected chi connectivity index (χ1v) is 5.53. The van der Waals surface area contributed by atoms with Gasteiger partial charge in [0.15, 0.2) is 0 Å². The van der Waals surface area contributed by atoms with Crippen molar-refractivity contribution in [3.63, 3.8) is 0 Å². The van der Waals surface area contributed by atoms with E-state index >= 15 is 0 Å². The summed E-state index contributed by atoms with van der Waals surface area (Å²) >= 11 is 0. The average molecular weight is 261 g/mol. The maximum absolute atomic E-state index is 11.4. The molecule has 0 aromatic carbocycles. The lowest BCUT2D eigenvalue weighted by Crippen LogP contribution is -2.40. The number of carboxylic acids is 2. The maximum Gasteiger partial charge on any atom is 0.407 e. The van der Waals surface area contributed by atoms with Crippen LogP contribution >= 0.6 is 0 Å². The van der Waals surface area contributed by atoms with Crippen LogP contribution in [0.15, 0.2) is 0 Å². The number of hydrogen-bond acceptors (Lipinski definition) is 4. The summed E-state index contributed by atoms with van der Waals surface area (Å²) in [6, 6.07) is -0.756. The second-order valence-electron chi connectivity index (χ2n) is 4.87. The molecule has 18 heavy (non-hydrogen) atoms. The summed E-state index contributed by atoms with van der Waals surface area (Å²) in [6.45, 7) is 5.03. The van der Waals surface area contributed by atoms with Crippen LogP contribution in [0.2, 0.25) is 0 Å². The fourth-order valence-corrected chi connectivity index (χ4v) is 1.21. The minimum atomic E-state index is -1.11. The lowest BCUT2D eigenvalue weighted by molar-refractivity contribution is -0.139. The Morgan fingerprint density at radius 1 is 1.17 bits per heavy atom. The van der Waals surface area contributed by atoms with Gasteiger partial charge in [-0.15, -0.1) is 0 Å². The number of ether oxygens (including phenoxy) is 1. The molecule has 3 N–H and O–H groups in total. The van der Waals surface area contributed by atoms with E-state index in [4.69, 9.17) is 14.9 Å². The van der Waals surface area contributed by atoms with Crippen LogP contribution in [0.3, 0.4) is 0 Å². The van der Waals surface area contributed by atoms with Crippen molar-refractivity contribution in [2.24, 2.45) is 0 Å². The van der Waals surface area contributed by atoms with Gasteiger partial charge in [-0.05, 0) is 27.2 Å². The molecule has 7 heteroatoms. The number of alkyl carbamates (subject to hydrolysis) is 1. The second kappa shape index (κ2) is 6.83. The molecule has 0 aromatic rings. The van der Waals surface area contributed by atoms with Crippen molar-refractivity contribution in [3.05, 3.63) is 0 Å². The zero-order valence-electron chi connectivity index (χ0n) is 10.7. The minimum absolute atomic E-state index is 0.0425. The third-order valence-electron chi connectivity index (χ3n) is 1.85. The maximum atomic E-state index is 11.4. The van der Waals surface area contributed by atoms with E-state index in [9.17, 15) is 14.4 Å². The monoisotopic (exact) mass is 261 g/mol. The quantitative estimate of drug-likeness (QED) is 0.662. The van der Waals surface area contributed by atoms with Crippen molar-refractivity contribution in [1.29, 1.82) is 0 Å². The molecule has 104 valence electrons. The van der Waals surface area contributed by atoms with E-state index in [2.05, 4.69) is 5.32 Å². The highest BCUT2D eigenvalue weighted by Crippen LogP contribution is 2.09. The van der Waals surface area contributed by atoms with Crippen molar-refractivity contribution >= 4 is 18.0 Å². The standard InChI is InChI=1S/C11H19NO6/c1-11(2,3)18-10(17)12-7(6-9(15)16)4-5-8(13)14/h7H,4-6H2,1-3H3,(H,12,17)(H,13,14)(H,15,16)/t7-/m1/s1. The van der Waals surface area contributed by atoms with Crippen molar-refractivity contribution in [1.82, 2.24) is 5.32 Å². The Morgan fingerprint density at radius 2 is 1.72 bits per heavy atom. The van der Waals surface area contributed by atoms with Crippen LogP contribution in [0, 0.1) is 0 Å². The van der Waals surface area contributed by atoms with E-state index in [-0.39, 0.29) is 19.3 Å². The summed E-state index contributed by atoms with van der Waals surface area (Å²) in [5, 5.41) is 19.5. The first kappa shape index (κ1) is 16.2. The lowest BCUT2D eigenvalue weighted by Gasteiger charge is -2.22. The van der Waals surface area contributed by atoms with Crippen LogP contribution in [0.1, 0.15) is 40.0 Å². The molecule has 0 aliphatic carbocycles. The van der Waals surface area contributed by atoms with E-state index < -0.39 is 29.7 Å². The predicted octanol–water partition coefficient (Wildman–Crippen LogP) is 1.22. The highest BCUT2D eigenvalue weighted by atomic mass is 16.6. The average Bonchev–Trinajstić information content (AvgIpc) is 2.09. The third kappa shape index (κ3) is 9.44. The Hall–Kier alpha value is -1.79. The Kier molecular flexibility index (Phi) is 6.15. The number of nitrogens with one attached hydrogen (secondary N) is 1. The van der Waals surface area contributed by atoms with E-state index in [0.29, 0.717) is 0 Å². The normalized spacial score (nSPS) is 12.6. The summed E-state index contributed by atoms with van der Waals surface area (Å²) in [6.07, 6.45) is -1.26. The SMILES string of the molecule is CC(C)(C)OC(=O)N[C@H](CCC(=O)O)CC(=O)O. The van der Waals surface area contributed by atoms with Gasteiger partial charge in [0.2, 0.25) is 0 Å². The lowest BCUT2D eigenvalue weighted by atomic mass is 10.1. The van der Waals surface area contributed by atoms with E-state index in [1.807, 2.05) is 0 Å². The Bertz CT molecular complexity index is 320. The van der Waals surface area contributed by atoms with Gasteiger partial charge in [0.1, 0.15) is 5.60 Å². The number of carbonyl (C=O) groups is 3. The van der Waals surface area contributed by atoms with Crippen LogP contribution in [-0.2, 0) is 14.3 Å². The van der Waals surface area contributed by atoms with Gasteiger partial charge in [0, 0.05) is 12.5 Å². The molecule has 0 saturated heterocycles. The molecule has 7 nitrogen and oxygen atoms in total. The molecule has 1 amide bonds. The Morgan fingerprint density at radius 3 is 2.11 bits per heavy atom. The van der Waals surface area contributed by atoms with Crippen molar-refractivity contribution < 1.29 is 29.3 Å². The largest absolute Gasteiger partial charge is 0.481 e. The topological polar surface area (TPSA) is 113 Å². The highest BCUT2D eigenvalue weighted by Gasteiger charge is 2.21. The van der Waals surface area contributed by atoms with Crippen LogP contribution in [-0.4, -0.2) is 39.9 Å². The number of aliphatic carboxylic acids is 2. The summed E-state index contributed by atoms with van der Waals surface area (Å²) in [5.74, 6) is -2.15. The van der Waals surface area contributed by atoms with Crippen LogP contribution in [0.4, 0.5) is 4.79 Å². The van der Waals surface area contributed by atoms with Crippen LogP contribution in [0.25, 0.3) is 0 Å². The zero-order valence-corrected chi connectivity index (χ0v) is 10.7. The molecular formula is C11H19NO6. The Balaban J connectivity index is 4.34. The molecule has 0 rings (SSSR count). The molecule has 0 saturated carbocycles.